The van der Waals surface area contributed by atoms with Crippen LogP contribution in [0.4, 0.5) is 0 Å². The molecule has 1 saturated carbocycles. The number of carbonyl (C=O) groups excluding carboxylic acids is 1. The average Bonchev–Trinajstić information content (AvgIpc) is 2.19. The lowest BCUT2D eigenvalue weighted by Crippen LogP contribution is -2.32. The van der Waals surface area contributed by atoms with Gasteiger partial charge in [-0.15, -0.1) is 0 Å². The van der Waals surface area contributed by atoms with Crippen molar-refractivity contribution >= 4 is 5.91 Å². The largest absolute Gasteiger partial charge is 0.355 e. The summed E-state index contributed by atoms with van der Waals surface area (Å²) in [7, 11) is 0. The number of carbonyl (C=O) groups is 1. The summed E-state index contributed by atoms with van der Waals surface area (Å²) in [6.45, 7) is 4.39. The van der Waals surface area contributed by atoms with E-state index < -0.39 is 0 Å². The first-order valence-corrected chi connectivity index (χ1v) is 5.05. The SMILES string of the molecule is C=C1CCC(C(=O)NCCC#N)CC1. The quantitative estimate of drug-likeness (QED) is 0.547. The van der Waals surface area contributed by atoms with E-state index in [1.807, 2.05) is 6.07 Å². The maximum atomic E-state index is 11.5. The highest BCUT2D eigenvalue weighted by Gasteiger charge is 2.21. The Morgan fingerprint density at radius 1 is 1.57 bits per heavy atom. The Morgan fingerprint density at radius 3 is 2.79 bits per heavy atom. The number of nitrogens with zero attached hydrogens (tertiary/aromatic N) is 1. The summed E-state index contributed by atoms with van der Waals surface area (Å²) in [4.78, 5) is 11.5. The van der Waals surface area contributed by atoms with Gasteiger partial charge in [0.1, 0.15) is 0 Å². The Labute approximate surface area is 84.8 Å². The van der Waals surface area contributed by atoms with Gasteiger partial charge in [0.2, 0.25) is 5.91 Å². The zero-order valence-electron chi connectivity index (χ0n) is 8.38. The molecular formula is C11H16N2O. The Hall–Kier alpha value is -1.30. The fourth-order valence-corrected chi connectivity index (χ4v) is 1.67. The number of nitrogens with one attached hydrogen (secondary N) is 1. The summed E-state index contributed by atoms with van der Waals surface area (Å²) in [5, 5.41) is 11.1. The lowest BCUT2D eigenvalue weighted by atomic mass is 9.86. The highest BCUT2D eigenvalue weighted by atomic mass is 16.1. The van der Waals surface area contributed by atoms with Crippen LogP contribution in [0.3, 0.4) is 0 Å². The van der Waals surface area contributed by atoms with Crippen LogP contribution in [0.1, 0.15) is 32.1 Å². The first-order valence-electron chi connectivity index (χ1n) is 5.05. The number of hydrogen-bond acceptors (Lipinski definition) is 2. The summed E-state index contributed by atoms with van der Waals surface area (Å²) in [6.07, 6.45) is 4.16. The third-order valence-electron chi connectivity index (χ3n) is 2.60. The van der Waals surface area contributed by atoms with Crippen LogP contribution < -0.4 is 5.32 Å². The third kappa shape index (κ3) is 3.21. The van der Waals surface area contributed by atoms with Gasteiger partial charge in [-0.05, 0) is 25.7 Å². The van der Waals surface area contributed by atoms with E-state index in [9.17, 15) is 4.79 Å². The summed E-state index contributed by atoms with van der Waals surface area (Å²) in [5.74, 6) is 0.243. The molecule has 0 atom stereocenters. The van der Waals surface area contributed by atoms with Crippen LogP contribution >= 0.6 is 0 Å². The maximum absolute atomic E-state index is 11.5. The molecule has 1 aliphatic carbocycles. The maximum Gasteiger partial charge on any atom is 0.223 e. The second kappa shape index (κ2) is 5.43. The minimum atomic E-state index is 0.104. The van der Waals surface area contributed by atoms with Gasteiger partial charge >= 0.3 is 0 Å². The molecule has 14 heavy (non-hydrogen) atoms. The first-order chi connectivity index (χ1) is 6.74. The van der Waals surface area contributed by atoms with Crippen molar-refractivity contribution in [3.05, 3.63) is 12.2 Å². The van der Waals surface area contributed by atoms with Crippen molar-refractivity contribution in [1.82, 2.24) is 5.32 Å². The third-order valence-corrected chi connectivity index (χ3v) is 2.60. The summed E-state index contributed by atoms with van der Waals surface area (Å²) >= 11 is 0. The predicted molar refractivity (Wildman–Crippen MR) is 54.3 cm³/mol. The summed E-state index contributed by atoms with van der Waals surface area (Å²) in [5.41, 5.74) is 1.26. The Balaban J connectivity index is 2.24. The van der Waals surface area contributed by atoms with Gasteiger partial charge in [-0.3, -0.25) is 4.79 Å². The number of rotatable bonds is 3. The van der Waals surface area contributed by atoms with Crippen molar-refractivity contribution in [3.8, 4) is 6.07 Å². The standard InChI is InChI=1S/C11H16N2O/c1-9-3-5-10(6-4-9)11(14)13-8-2-7-12/h10H,1-6,8H2,(H,13,14). The zero-order chi connectivity index (χ0) is 10.4. The predicted octanol–water partition coefficient (Wildman–Crippen LogP) is 1.76. The number of amides is 1. The molecule has 0 bridgehead atoms. The molecule has 3 heteroatoms. The van der Waals surface area contributed by atoms with Gasteiger partial charge in [-0.1, -0.05) is 12.2 Å². The molecule has 0 aromatic rings. The Bertz CT molecular complexity index is 255. The molecule has 76 valence electrons. The van der Waals surface area contributed by atoms with Gasteiger partial charge in [0.25, 0.3) is 0 Å². The smallest absolute Gasteiger partial charge is 0.223 e. The van der Waals surface area contributed by atoms with E-state index in [0.29, 0.717) is 13.0 Å². The molecule has 0 spiro atoms. The van der Waals surface area contributed by atoms with E-state index in [1.165, 1.54) is 5.57 Å². The second-order valence-corrected chi connectivity index (χ2v) is 3.72. The van der Waals surface area contributed by atoms with E-state index >= 15 is 0 Å². The minimum absolute atomic E-state index is 0.104. The molecule has 0 aliphatic heterocycles. The van der Waals surface area contributed by atoms with Gasteiger partial charge in [0.05, 0.1) is 12.5 Å². The Morgan fingerprint density at radius 2 is 2.21 bits per heavy atom. The topological polar surface area (TPSA) is 52.9 Å². The van der Waals surface area contributed by atoms with Crippen molar-refractivity contribution in [2.24, 2.45) is 5.92 Å². The molecule has 1 rings (SSSR count). The van der Waals surface area contributed by atoms with E-state index in [-0.39, 0.29) is 11.8 Å². The van der Waals surface area contributed by atoms with Crippen LogP contribution in [0.15, 0.2) is 12.2 Å². The average molecular weight is 192 g/mol. The molecule has 0 unspecified atom stereocenters. The summed E-state index contributed by atoms with van der Waals surface area (Å²) in [6, 6.07) is 2.00. The van der Waals surface area contributed by atoms with E-state index in [2.05, 4.69) is 11.9 Å². The monoisotopic (exact) mass is 192 g/mol. The molecule has 0 heterocycles. The van der Waals surface area contributed by atoms with E-state index in [0.717, 1.165) is 25.7 Å². The molecule has 1 fully saturated rings. The van der Waals surface area contributed by atoms with Gasteiger partial charge in [0.15, 0.2) is 0 Å². The first kappa shape index (κ1) is 10.8. The lowest BCUT2D eigenvalue weighted by molar-refractivity contribution is -0.125. The number of nitriles is 1. The van der Waals surface area contributed by atoms with Crippen LogP contribution in [0.25, 0.3) is 0 Å². The van der Waals surface area contributed by atoms with Crippen LogP contribution in [0.5, 0.6) is 0 Å². The molecule has 3 nitrogen and oxygen atoms in total. The highest BCUT2D eigenvalue weighted by molar-refractivity contribution is 5.78. The molecule has 0 radical (unpaired) electrons. The fourth-order valence-electron chi connectivity index (χ4n) is 1.67. The minimum Gasteiger partial charge on any atom is -0.355 e. The molecular weight excluding hydrogens is 176 g/mol. The molecule has 0 aromatic heterocycles. The van der Waals surface area contributed by atoms with Gasteiger partial charge < -0.3 is 5.32 Å². The van der Waals surface area contributed by atoms with E-state index in [1.54, 1.807) is 0 Å². The summed E-state index contributed by atoms with van der Waals surface area (Å²) < 4.78 is 0. The molecule has 0 saturated heterocycles. The number of allylic oxidation sites excluding steroid dienone is 1. The lowest BCUT2D eigenvalue weighted by Gasteiger charge is -2.22. The van der Waals surface area contributed by atoms with Crippen molar-refractivity contribution in [2.45, 2.75) is 32.1 Å². The molecule has 1 N–H and O–H groups in total. The normalized spacial score (nSPS) is 17.5. The molecule has 1 amide bonds. The molecule has 1 aliphatic rings. The Kier molecular flexibility index (Phi) is 4.18. The van der Waals surface area contributed by atoms with Crippen molar-refractivity contribution in [2.75, 3.05) is 6.54 Å². The van der Waals surface area contributed by atoms with Crippen LogP contribution in [-0.2, 0) is 4.79 Å². The zero-order valence-corrected chi connectivity index (χ0v) is 8.38. The van der Waals surface area contributed by atoms with Crippen molar-refractivity contribution < 1.29 is 4.79 Å². The van der Waals surface area contributed by atoms with Crippen LogP contribution in [0, 0.1) is 17.2 Å². The van der Waals surface area contributed by atoms with Crippen LogP contribution in [-0.4, -0.2) is 12.5 Å². The van der Waals surface area contributed by atoms with Gasteiger partial charge in [0, 0.05) is 12.5 Å². The van der Waals surface area contributed by atoms with Crippen LogP contribution in [0.2, 0.25) is 0 Å². The fraction of sp³-hybridized carbons (Fsp3) is 0.636. The van der Waals surface area contributed by atoms with Crippen molar-refractivity contribution in [1.29, 1.82) is 5.26 Å². The van der Waals surface area contributed by atoms with E-state index in [4.69, 9.17) is 5.26 Å². The van der Waals surface area contributed by atoms with Gasteiger partial charge in [-0.25, -0.2) is 0 Å². The second-order valence-electron chi connectivity index (χ2n) is 3.72. The highest BCUT2D eigenvalue weighted by Crippen LogP contribution is 2.26. The van der Waals surface area contributed by atoms with Crippen molar-refractivity contribution in [3.63, 3.8) is 0 Å². The molecule has 0 aromatic carbocycles. The number of hydrogen-bond donors (Lipinski definition) is 1. The van der Waals surface area contributed by atoms with Gasteiger partial charge in [-0.2, -0.15) is 5.26 Å².